The number of aryl methyl sites for hydroxylation is 3. The number of aromatic hydroxyl groups is 3. The van der Waals surface area contributed by atoms with Crippen molar-refractivity contribution in [1.29, 1.82) is 0 Å². The molecule has 0 aliphatic heterocycles. The van der Waals surface area contributed by atoms with Gasteiger partial charge in [-0.2, -0.15) is 0 Å². The molecule has 0 spiro atoms. The summed E-state index contributed by atoms with van der Waals surface area (Å²) in [6.07, 6.45) is 0. The zero-order chi connectivity index (χ0) is 24.0. The molecule has 33 heavy (non-hydrogen) atoms. The van der Waals surface area contributed by atoms with Crippen LogP contribution in [0.5, 0.6) is 17.4 Å². The minimum Gasteiger partial charge on any atom is -0.508 e. The van der Waals surface area contributed by atoms with Gasteiger partial charge in [0.05, 0.1) is 21.8 Å². The van der Waals surface area contributed by atoms with E-state index in [1.54, 1.807) is 32.0 Å². The standard InChI is InChI=1S/C25H22N2O5S/c1-12-5-6-13(2)18(11-12)21(30)19-20(16-7-9-17(29)10-8-16)27(24(32)22(19)31)25-26-14(3)23(33-25)15(4)28/h5-11,29,31-32H,1-4H3. The SMILES string of the molecule is CC(=O)c1sc(-n2c(O)c(O)c(C(=O)c3cc(C)ccc3C)c2-c2ccc(O)cc2)nc1C. The number of benzene rings is 2. The van der Waals surface area contributed by atoms with Gasteiger partial charge in [0, 0.05) is 12.5 Å². The van der Waals surface area contributed by atoms with Gasteiger partial charge in [-0.25, -0.2) is 4.98 Å². The Balaban J connectivity index is 2.05. The Morgan fingerprint density at radius 3 is 2.24 bits per heavy atom. The quantitative estimate of drug-likeness (QED) is 0.357. The molecule has 0 saturated carbocycles. The van der Waals surface area contributed by atoms with Crippen molar-refractivity contribution in [2.45, 2.75) is 27.7 Å². The van der Waals surface area contributed by atoms with Crippen molar-refractivity contribution in [3.8, 4) is 33.8 Å². The van der Waals surface area contributed by atoms with Crippen LogP contribution in [0.2, 0.25) is 0 Å². The highest BCUT2D eigenvalue weighted by molar-refractivity contribution is 7.16. The van der Waals surface area contributed by atoms with E-state index in [0.29, 0.717) is 21.7 Å². The third kappa shape index (κ3) is 3.78. The Morgan fingerprint density at radius 2 is 1.64 bits per heavy atom. The topological polar surface area (TPSA) is 113 Å². The van der Waals surface area contributed by atoms with Crippen LogP contribution in [-0.4, -0.2) is 36.4 Å². The highest BCUT2D eigenvalue weighted by Gasteiger charge is 2.32. The van der Waals surface area contributed by atoms with Gasteiger partial charge in [-0.05, 0) is 62.2 Å². The Hall–Kier alpha value is -3.91. The zero-order valence-corrected chi connectivity index (χ0v) is 19.3. The molecule has 0 bridgehead atoms. The maximum absolute atomic E-state index is 13.7. The molecule has 168 valence electrons. The number of nitrogens with zero attached hydrogens (tertiary/aromatic N) is 2. The van der Waals surface area contributed by atoms with Crippen LogP contribution in [0.3, 0.4) is 0 Å². The number of hydrogen-bond donors (Lipinski definition) is 3. The van der Waals surface area contributed by atoms with E-state index in [-0.39, 0.29) is 27.9 Å². The van der Waals surface area contributed by atoms with Crippen LogP contribution in [0.4, 0.5) is 0 Å². The van der Waals surface area contributed by atoms with E-state index in [1.807, 2.05) is 19.1 Å². The van der Waals surface area contributed by atoms with Crippen LogP contribution in [0.1, 0.15) is 49.3 Å². The van der Waals surface area contributed by atoms with Gasteiger partial charge in [-0.1, -0.05) is 29.0 Å². The lowest BCUT2D eigenvalue weighted by Crippen LogP contribution is -2.07. The number of phenols is 1. The first-order valence-corrected chi connectivity index (χ1v) is 11.0. The monoisotopic (exact) mass is 462 g/mol. The molecule has 2 aromatic carbocycles. The Kier molecular flexibility index (Phi) is 5.55. The fourth-order valence-corrected chi connectivity index (χ4v) is 4.73. The van der Waals surface area contributed by atoms with E-state index < -0.39 is 17.4 Å². The number of phenolic OH excluding ortho intramolecular Hbond substituents is 1. The minimum atomic E-state index is -0.582. The molecule has 2 aromatic heterocycles. The van der Waals surface area contributed by atoms with Crippen LogP contribution in [0.25, 0.3) is 16.4 Å². The summed E-state index contributed by atoms with van der Waals surface area (Å²) in [5.41, 5.74) is 3.05. The lowest BCUT2D eigenvalue weighted by atomic mass is 9.95. The van der Waals surface area contributed by atoms with Gasteiger partial charge in [-0.15, -0.1) is 0 Å². The zero-order valence-electron chi connectivity index (χ0n) is 18.5. The van der Waals surface area contributed by atoms with Crippen molar-refractivity contribution >= 4 is 22.9 Å². The van der Waals surface area contributed by atoms with Gasteiger partial charge >= 0.3 is 0 Å². The number of rotatable bonds is 5. The van der Waals surface area contributed by atoms with Crippen molar-refractivity contribution in [3.05, 3.63) is 75.3 Å². The molecule has 0 fully saturated rings. The average Bonchev–Trinajstić information content (AvgIpc) is 3.27. The molecular weight excluding hydrogens is 440 g/mol. The van der Waals surface area contributed by atoms with E-state index in [1.165, 1.54) is 23.6 Å². The molecule has 8 heteroatoms. The normalized spacial score (nSPS) is 11.0. The minimum absolute atomic E-state index is 0.0247. The van der Waals surface area contributed by atoms with Crippen LogP contribution in [0.15, 0.2) is 42.5 Å². The molecule has 0 amide bonds. The summed E-state index contributed by atoms with van der Waals surface area (Å²) in [5.74, 6) is -1.76. The van der Waals surface area contributed by atoms with E-state index in [9.17, 15) is 24.9 Å². The number of carbonyl (C=O) groups is 2. The van der Waals surface area contributed by atoms with Gasteiger partial charge in [-0.3, -0.25) is 14.2 Å². The van der Waals surface area contributed by atoms with Gasteiger partial charge in [0.15, 0.2) is 22.4 Å². The van der Waals surface area contributed by atoms with E-state index in [2.05, 4.69) is 4.98 Å². The first-order valence-electron chi connectivity index (χ1n) is 10.2. The summed E-state index contributed by atoms with van der Waals surface area (Å²) < 4.78 is 1.27. The van der Waals surface area contributed by atoms with Crippen LogP contribution in [-0.2, 0) is 0 Å². The molecular formula is C25H22N2O5S. The third-order valence-electron chi connectivity index (χ3n) is 5.42. The summed E-state index contributed by atoms with van der Waals surface area (Å²) in [5, 5.41) is 31.8. The average molecular weight is 463 g/mol. The number of ketones is 2. The lowest BCUT2D eigenvalue weighted by Gasteiger charge is -2.11. The van der Waals surface area contributed by atoms with Gasteiger partial charge in [0.25, 0.3) is 0 Å². The van der Waals surface area contributed by atoms with Crippen LogP contribution < -0.4 is 0 Å². The molecule has 3 N–H and O–H groups in total. The third-order valence-corrected chi connectivity index (χ3v) is 6.67. The smallest absolute Gasteiger partial charge is 0.242 e. The van der Waals surface area contributed by atoms with Crippen molar-refractivity contribution in [2.24, 2.45) is 0 Å². The highest BCUT2D eigenvalue weighted by Crippen LogP contribution is 2.45. The van der Waals surface area contributed by atoms with Gasteiger partial charge in [0.2, 0.25) is 5.88 Å². The predicted molar refractivity (Wildman–Crippen MR) is 126 cm³/mol. The fourth-order valence-electron chi connectivity index (χ4n) is 3.76. The van der Waals surface area contributed by atoms with E-state index in [4.69, 9.17) is 0 Å². The summed E-state index contributed by atoms with van der Waals surface area (Å²) in [6, 6.07) is 11.5. The first kappa shape index (κ1) is 22.3. The number of thiazole rings is 1. The van der Waals surface area contributed by atoms with Crippen LogP contribution in [0, 0.1) is 20.8 Å². The van der Waals surface area contributed by atoms with E-state index >= 15 is 0 Å². The lowest BCUT2D eigenvalue weighted by molar-refractivity contribution is 0.101. The molecule has 0 unspecified atom stereocenters. The maximum atomic E-state index is 13.7. The second kappa shape index (κ2) is 8.22. The number of Topliss-reactive ketones (excluding diaryl/α,β-unsaturated/α-hetero) is 1. The Labute approximate surface area is 194 Å². The van der Waals surface area contributed by atoms with Crippen molar-refractivity contribution in [1.82, 2.24) is 9.55 Å². The molecule has 0 aliphatic rings. The number of carbonyl (C=O) groups excluding carboxylic acids is 2. The molecule has 2 heterocycles. The fraction of sp³-hybridized carbons (Fsp3) is 0.160. The Bertz CT molecular complexity index is 1410. The first-order chi connectivity index (χ1) is 15.6. The number of aromatic nitrogens is 2. The highest BCUT2D eigenvalue weighted by atomic mass is 32.1. The van der Waals surface area contributed by atoms with Crippen molar-refractivity contribution in [2.75, 3.05) is 0 Å². The van der Waals surface area contributed by atoms with Gasteiger partial charge in [0.1, 0.15) is 5.75 Å². The molecule has 4 rings (SSSR count). The molecule has 7 nitrogen and oxygen atoms in total. The second-order valence-electron chi connectivity index (χ2n) is 7.89. The summed E-state index contributed by atoms with van der Waals surface area (Å²) in [7, 11) is 0. The number of hydrogen-bond acceptors (Lipinski definition) is 7. The molecule has 4 aromatic rings. The predicted octanol–water partition coefficient (Wildman–Crippen LogP) is 5.08. The van der Waals surface area contributed by atoms with Crippen molar-refractivity contribution < 1.29 is 24.9 Å². The van der Waals surface area contributed by atoms with Crippen molar-refractivity contribution in [3.63, 3.8) is 0 Å². The largest absolute Gasteiger partial charge is 0.508 e. The molecule has 0 atom stereocenters. The maximum Gasteiger partial charge on any atom is 0.242 e. The summed E-state index contributed by atoms with van der Waals surface area (Å²) in [4.78, 5) is 30.5. The van der Waals surface area contributed by atoms with E-state index in [0.717, 1.165) is 22.5 Å². The Morgan fingerprint density at radius 1 is 0.970 bits per heavy atom. The van der Waals surface area contributed by atoms with Crippen LogP contribution >= 0.6 is 11.3 Å². The second-order valence-corrected chi connectivity index (χ2v) is 8.87. The molecule has 0 radical (unpaired) electrons. The van der Waals surface area contributed by atoms with Gasteiger partial charge < -0.3 is 15.3 Å². The summed E-state index contributed by atoms with van der Waals surface area (Å²) in [6.45, 7) is 6.76. The summed E-state index contributed by atoms with van der Waals surface area (Å²) >= 11 is 1.05. The molecule has 0 saturated heterocycles. The molecule has 0 aliphatic carbocycles.